The molecule has 2 aromatic rings. The topological polar surface area (TPSA) is 58.2 Å². The van der Waals surface area contributed by atoms with E-state index in [0.717, 1.165) is 24.0 Å². The summed E-state index contributed by atoms with van der Waals surface area (Å²) in [5.74, 6) is -0.315. The molecule has 1 fully saturated rings. The van der Waals surface area contributed by atoms with Crippen molar-refractivity contribution in [3.8, 4) is 0 Å². The molecule has 2 aromatic carbocycles. The maximum atomic E-state index is 12.7. The first-order chi connectivity index (χ1) is 11.2. The molecule has 1 aliphatic heterocycles. The van der Waals surface area contributed by atoms with Gasteiger partial charge in [0.15, 0.2) is 5.54 Å². The van der Waals surface area contributed by atoms with Gasteiger partial charge in [0, 0.05) is 0 Å². The number of rotatable bonds is 2. The maximum Gasteiger partial charge on any atom is 1.00 e. The van der Waals surface area contributed by atoms with Crippen LogP contribution in [-0.2, 0) is 23.2 Å². The standard InChI is InChI=1S/C19H18N2O2.Na/c22-17-19(21-18(23)20-17,15-8-2-1-3-9-15)16-11-10-13-6-4-5-7-14(13)12-16;/h1-3,8-12H,4-7H2,(H2,20,21,22,23);/q;+1. The Morgan fingerprint density at radius 3 is 2.21 bits per heavy atom. The monoisotopic (exact) mass is 329 g/mol. The first-order valence-electron chi connectivity index (χ1n) is 8.01. The Balaban J connectivity index is 0.00000169. The van der Waals surface area contributed by atoms with E-state index < -0.39 is 11.6 Å². The Morgan fingerprint density at radius 2 is 1.54 bits per heavy atom. The summed E-state index contributed by atoms with van der Waals surface area (Å²) in [6.45, 7) is 0. The van der Waals surface area contributed by atoms with E-state index in [-0.39, 0.29) is 35.5 Å². The predicted molar refractivity (Wildman–Crippen MR) is 87.0 cm³/mol. The van der Waals surface area contributed by atoms with Gasteiger partial charge in [-0.1, -0.05) is 48.5 Å². The van der Waals surface area contributed by atoms with Crippen LogP contribution in [0.1, 0.15) is 35.1 Å². The van der Waals surface area contributed by atoms with Crippen molar-refractivity contribution in [2.75, 3.05) is 0 Å². The summed E-state index contributed by atoms with van der Waals surface area (Å²) in [7, 11) is 0. The van der Waals surface area contributed by atoms with Crippen molar-refractivity contribution in [1.29, 1.82) is 0 Å². The van der Waals surface area contributed by atoms with Crippen LogP contribution < -0.4 is 40.2 Å². The zero-order valence-electron chi connectivity index (χ0n) is 13.8. The number of hydrogen-bond acceptors (Lipinski definition) is 2. The van der Waals surface area contributed by atoms with Crippen LogP contribution in [0, 0.1) is 0 Å². The zero-order chi connectivity index (χ0) is 15.9. The Hall–Kier alpha value is -1.62. The smallest absolute Gasteiger partial charge is 0.316 e. The number of hydrogen-bond donors (Lipinski definition) is 2. The predicted octanol–water partition coefficient (Wildman–Crippen LogP) is -0.348. The number of amides is 3. The molecule has 0 bridgehead atoms. The second-order valence-corrected chi connectivity index (χ2v) is 6.21. The minimum atomic E-state index is -1.13. The number of urea groups is 1. The molecule has 24 heavy (non-hydrogen) atoms. The second kappa shape index (κ2) is 6.71. The second-order valence-electron chi connectivity index (χ2n) is 6.21. The van der Waals surface area contributed by atoms with Gasteiger partial charge in [-0.15, -0.1) is 0 Å². The Kier molecular flexibility index (Phi) is 4.81. The summed E-state index contributed by atoms with van der Waals surface area (Å²) in [4.78, 5) is 24.5. The van der Waals surface area contributed by atoms with Gasteiger partial charge >= 0.3 is 35.6 Å². The molecule has 3 amide bonds. The average Bonchev–Trinajstić information content (AvgIpc) is 2.90. The van der Waals surface area contributed by atoms with Gasteiger partial charge in [-0.05, 0) is 47.9 Å². The van der Waals surface area contributed by atoms with E-state index in [2.05, 4.69) is 22.8 Å². The third-order valence-corrected chi connectivity index (χ3v) is 4.86. The fourth-order valence-electron chi connectivity index (χ4n) is 3.68. The molecule has 0 saturated carbocycles. The Morgan fingerprint density at radius 1 is 0.833 bits per heavy atom. The van der Waals surface area contributed by atoms with Crippen molar-refractivity contribution in [3.05, 3.63) is 70.8 Å². The molecule has 0 radical (unpaired) electrons. The quantitative estimate of drug-likeness (QED) is 0.585. The summed E-state index contributed by atoms with van der Waals surface area (Å²) < 4.78 is 0. The van der Waals surface area contributed by atoms with Crippen molar-refractivity contribution in [3.63, 3.8) is 0 Å². The van der Waals surface area contributed by atoms with Crippen LogP contribution in [0.3, 0.4) is 0 Å². The summed E-state index contributed by atoms with van der Waals surface area (Å²) >= 11 is 0. The third kappa shape index (κ3) is 2.69. The van der Waals surface area contributed by atoms with E-state index in [4.69, 9.17) is 0 Å². The van der Waals surface area contributed by atoms with Gasteiger partial charge in [-0.2, -0.15) is 0 Å². The summed E-state index contributed by atoms with van der Waals surface area (Å²) in [6, 6.07) is 15.1. The fraction of sp³-hybridized carbons (Fsp3) is 0.263. The molecule has 2 N–H and O–H groups in total. The SMILES string of the molecule is O=C1NC(=O)C(c2ccccc2)(c2ccc3c(c2)CCCC3)N1.[Na+]. The van der Waals surface area contributed by atoms with Crippen LogP contribution >= 0.6 is 0 Å². The summed E-state index contributed by atoms with van der Waals surface area (Å²) in [5, 5.41) is 5.25. The minimum absolute atomic E-state index is 0. The van der Waals surface area contributed by atoms with Gasteiger partial charge in [0.2, 0.25) is 0 Å². The van der Waals surface area contributed by atoms with Gasteiger partial charge in [0.1, 0.15) is 0 Å². The number of carbonyl (C=O) groups excluding carboxylic acids is 2. The van der Waals surface area contributed by atoms with Crippen molar-refractivity contribution >= 4 is 11.9 Å². The average molecular weight is 329 g/mol. The Labute approximate surface area is 163 Å². The molecule has 2 aliphatic rings. The summed E-state index contributed by atoms with van der Waals surface area (Å²) in [6.07, 6.45) is 4.51. The van der Waals surface area contributed by atoms with Crippen LogP contribution in [0.5, 0.6) is 0 Å². The third-order valence-electron chi connectivity index (χ3n) is 4.86. The van der Waals surface area contributed by atoms with Crippen molar-refractivity contribution in [1.82, 2.24) is 10.6 Å². The minimum Gasteiger partial charge on any atom is -0.316 e. The molecule has 116 valence electrons. The van der Waals surface area contributed by atoms with Crippen LogP contribution in [0.4, 0.5) is 4.79 Å². The number of fused-ring (bicyclic) bond motifs is 1. The van der Waals surface area contributed by atoms with Crippen LogP contribution in [0.15, 0.2) is 48.5 Å². The van der Waals surface area contributed by atoms with Crippen molar-refractivity contribution in [2.24, 2.45) is 0 Å². The molecule has 5 heteroatoms. The number of carbonyl (C=O) groups is 2. The molecule has 4 nitrogen and oxygen atoms in total. The molecule has 1 saturated heterocycles. The number of nitrogens with one attached hydrogen (secondary N) is 2. The van der Waals surface area contributed by atoms with Gasteiger partial charge in [-0.3, -0.25) is 10.1 Å². The van der Waals surface area contributed by atoms with E-state index >= 15 is 0 Å². The van der Waals surface area contributed by atoms with Crippen molar-refractivity contribution < 1.29 is 39.1 Å². The number of aryl methyl sites for hydroxylation is 2. The van der Waals surface area contributed by atoms with Gasteiger partial charge < -0.3 is 5.32 Å². The Bertz CT molecular complexity index is 791. The van der Waals surface area contributed by atoms with Gasteiger partial charge in [-0.25, -0.2) is 4.79 Å². The molecule has 1 unspecified atom stereocenters. The molecule has 4 rings (SSSR count). The van der Waals surface area contributed by atoms with Gasteiger partial charge in [0.25, 0.3) is 5.91 Å². The molecule has 1 atom stereocenters. The number of benzene rings is 2. The van der Waals surface area contributed by atoms with E-state index in [0.29, 0.717) is 0 Å². The van der Waals surface area contributed by atoms with Crippen LogP contribution in [0.25, 0.3) is 0 Å². The molecule has 0 spiro atoms. The first-order valence-corrected chi connectivity index (χ1v) is 8.01. The first kappa shape index (κ1) is 17.2. The molecular formula is C19H18N2NaO2+. The number of imide groups is 1. The van der Waals surface area contributed by atoms with E-state index in [9.17, 15) is 9.59 Å². The summed E-state index contributed by atoms with van der Waals surface area (Å²) in [5.41, 5.74) is 3.11. The molecule has 0 aromatic heterocycles. The van der Waals surface area contributed by atoms with E-state index in [1.165, 1.54) is 24.0 Å². The van der Waals surface area contributed by atoms with Crippen LogP contribution in [0.2, 0.25) is 0 Å². The zero-order valence-corrected chi connectivity index (χ0v) is 15.8. The molecular weight excluding hydrogens is 311 g/mol. The van der Waals surface area contributed by atoms with Crippen molar-refractivity contribution in [2.45, 2.75) is 31.2 Å². The normalized spacial score (nSPS) is 22.2. The fourth-order valence-corrected chi connectivity index (χ4v) is 3.68. The van der Waals surface area contributed by atoms with E-state index in [1.54, 1.807) is 0 Å². The van der Waals surface area contributed by atoms with Gasteiger partial charge in [0.05, 0.1) is 0 Å². The van der Waals surface area contributed by atoms with E-state index in [1.807, 2.05) is 36.4 Å². The maximum absolute atomic E-state index is 12.7. The largest absolute Gasteiger partial charge is 1.00 e. The molecule has 1 aliphatic carbocycles. The molecule has 1 heterocycles. The van der Waals surface area contributed by atoms with Crippen LogP contribution in [-0.4, -0.2) is 11.9 Å².